The highest BCUT2D eigenvalue weighted by Gasteiger charge is 2.22. The Kier molecular flexibility index (Phi) is 6.74. The van der Waals surface area contributed by atoms with Crippen molar-refractivity contribution in [1.82, 2.24) is 4.90 Å². The van der Waals surface area contributed by atoms with Gasteiger partial charge in [0.15, 0.2) is 0 Å². The summed E-state index contributed by atoms with van der Waals surface area (Å²) in [6, 6.07) is 11.5. The molecule has 0 saturated carbocycles. The predicted octanol–water partition coefficient (Wildman–Crippen LogP) is 3.22. The number of hydrogen-bond donors (Lipinski definition) is 2. The largest absolute Gasteiger partial charge is 0.384 e. The molecule has 156 valence electrons. The Morgan fingerprint density at radius 2 is 1.90 bits per heavy atom. The molecule has 0 aromatic heterocycles. The second kappa shape index (κ2) is 9.08. The summed E-state index contributed by atoms with van der Waals surface area (Å²) in [5, 5.41) is 20.0. The minimum Gasteiger partial charge on any atom is -0.384 e. The third-order valence-electron chi connectivity index (χ3n) is 5.12. The second-order valence-corrected chi connectivity index (χ2v) is 9.11. The molecule has 2 aromatic carbocycles. The molecule has 0 spiro atoms. The number of nitro benzene ring substituents is 1. The zero-order chi connectivity index (χ0) is 21.0. The van der Waals surface area contributed by atoms with Gasteiger partial charge in [-0.25, -0.2) is 13.6 Å². The molecule has 3 N–H and O–H groups in total. The number of hydrogen-bond acceptors (Lipinski definition) is 6. The van der Waals surface area contributed by atoms with Gasteiger partial charge in [0.25, 0.3) is 5.69 Å². The molecule has 0 amide bonds. The normalized spacial score (nSPS) is 15.9. The molecule has 1 fully saturated rings. The molecule has 8 nitrogen and oxygen atoms in total. The molecule has 2 aromatic rings. The van der Waals surface area contributed by atoms with Crippen LogP contribution in [0.3, 0.4) is 0 Å². The molecule has 0 unspecified atom stereocenters. The average molecular weight is 439 g/mol. The number of nitrogens with two attached hydrogens (primary N) is 1. The third kappa shape index (κ3) is 5.66. The fraction of sp³-hybridized carbons (Fsp3) is 0.368. The first-order valence-corrected chi connectivity index (χ1v) is 11.2. The first-order chi connectivity index (χ1) is 13.7. The van der Waals surface area contributed by atoms with Gasteiger partial charge in [0, 0.05) is 30.2 Å². The van der Waals surface area contributed by atoms with Gasteiger partial charge in [-0.1, -0.05) is 29.8 Å². The Bertz CT molecular complexity index is 991. The smallest absolute Gasteiger partial charge is 0.270 e. The van der Waals surface area contributed by atoms with Crippen molar-refractivity contribution in [1.29, 1.82) is 0 Å². The summed E-state index contributed by atoms with van der Waals surface area (Å²) in [4.78, 5) is 12.4. The number of nitro groups is 1. The van der Waals surface area contributed by atoms with Crippen molar-refractivity contribution in [2.75, 3.05) is 25.0 Å². The van der Waals surface area contributed by atoms with Crippen molar-refractivity contribution >= 4 is 33.0 Å². The number of likely N-dealkylation sites (tertiary alicyclic amines) is 1. The van der Waals surface area contributed by atoms with Gasteiger partial charge in [-0.05, 0) is 49.5 Å². The van der Waals surface area contributed by atoms with Crippen LogP contribution in [0.2, 0.25) is 5.02 Å². The molecule has 0 radical (unpaired) electrons. The SMILES string of the molecule is NS(=O)(=O)c1cc([N+](=O)[O-])ccc1NCC1CCN(Cc2ccccc2Cl)CC1. The number of benzene rings is 2. The number of nitrogens with zero attached hydrogens (tertiary/aromatic N) is 2. The maximum absolute atomic E-state index is 11.8. The van der Waals surface area contributed by atoms with Crippen LogP contribution < -0.4 is 10.5 Å². The molecular weight excluding hydrogens is 416 g/mol. The van der Waals surface area contributed by atoms with Gasteiger partial charge >= 0.3 is 0 Å². The van der Waals surface area contributed by atoms with Crippen molar-refractivity contribution in [3.63, 3.8) is 0 Å². The summed E-state index contributed by atoms with van der Waals surface area (Å²) in [6.07, 6.45) is 1.91. The van der Waals surface area contributed by atoms with Crippen LogP contribution >= 0.6 is 11.6 Å². The van der Waals surface area contributed by atoms with E-state index in [0.717, 1.165) is 49.1 Å². The van der Waals surface area contributed by atoms with E-state index in [0.29, 0.717) is 12.5 Å². The van der Waals surface area contributed by atoms with E-state index in [1.54, 1.807) is 0 Å². The lowest BCUT2D eigenvalue weighted by atomic mass is 9.96. The zero-order valence-electron chi connectivity index (χ0n) is 15.8. The summed E-state index contributed by atoms with van der Waals surface area (Å²) >= 11 is 6.23. The number of piperidine rings is 1. The van der Waals surface area contributed by atoms with Crippen LogP contribution in [0.4, 0.5) is 11.4 Å². The Morgan fingerprint density at radius 3 is 2.52 bits per heavy atom. The fourth-order valence-corrected chi connectivity index (χ4v) is 4.40. The van der Waals surface area contributed by atoms with Gasteiger partial charge < -0.3 is 5.32 Å². The van der Waals surface area contributed by atoms with Crippen molar-refractivity contribution in [2.24, 2.45) is 11.1 Å². The number of sulfonamides is 1. The van der Waals surface area contributed by atoms with Gasteiger partial charge in [0.2, 0.25) is 10.0 Å². The molecule has 0 aliphatic carbocycles. The summed E-state index contributed by atoms with van der Waals surface area (Å²) in [5.41, 5.74) is 1.08. The van der Waals surface area contributed by atoms with Crippen LogP contribution in [-0.2, 0) is 16.6 Å². The Balaban J connectivity index is 1.58. The molecule has 1 aliphatic heterocycles. The average Bonchev–Trinajstić information content (AvgIpc) is 2.68. The topological polar surface area (TPSA) is 119 Å². The van der Waals surface area contributed by atoms with Gasteiger partial charge in [-0.3, -0.25) is 15.0 Å². The van der Waals surface area contributed by atoms with E-state index in [1.165, 1.54) is 12.1 Å². The Labute approximate surface area is 174 Å². The van der Waals surface area contributed by atoms with Crippen LogP contribution in [0.5, 0.6) is 0 Å². The van der Waals surface area contributed by atoms with Crippen molar-refractivity contribution < 1.29 is 13.3 Å². The molecule has 3 rings (SSSR count). The lowest BCUT2D eigenvalue weighted by molar-refractivity contribution is -0.385. The third-order valence-corrected chi connectivity index (χ3v) is 6.44. The fourth-order valence-electron chi connectivity index (χ4n) is 3.48. The van der Waals surface area contributed by atoms with E-state index in [9.17, 15) is 18.5 Å². The van der Waals surface area contributed by atoms with Crippen molar-refractivity contribution in [3.8, 4) is 0 Å². The summed E-state index contributed by atoms with van der Waals surface area (Å²) in [5.74, 6) is 0.362. The second-order valence-electron chi connectivity index (χ2n) is 7.17. The number of halogens is 1. The van der Waals surface area contributed by atoms with Crippen LogP contribution in [0.15, 0.2) is 47.4 Å². The van der Waals surface area contributed by atoms with Crippen LogP contribution in [0, 0.1) is 16.0 Å². The van der Waals surface area contributed by atoms with Crippen LogP contribution in [-0.4, -0.2) is 37.9 Å². The predicted molar refractivity (Wildman–Crippen MR) is 112 cm³/mol. The van der Waals surface area contributed by atoms with Crippen molar-refractivity contribution in [2.45, 2.75) is 24.3 Å². The Morgan fingerprint density at radius 1 is 1.21 bits per heavy atom. The zero-order valence-corrected chi connectivity index (χ0v) is 17.3. The highest BCUT2D eigenvalue weighted by atomic mass is 35.5. The molecular formula is C19H23ClN4O4S. The number of primary sulfonamides is 1. The van der Waals surface area contributed by atoms with E-state index in [4.69, 9.17) is 16.7 Å². The first kappa shape index (κ1) is 21.5. The number of anilines is 1. The summed E-state index contributed by atoms with van der Waals surface area (Å²) in [6.45, 7) is 3.21. The highest BCUT2D eigenvalue weighted by molar-refractivity contribution is 7.89. The van der Waals surface area contributed by atoms with E-state index in [2.05, 4.69) is 10.2 Å². The number of nitrogens with one attached hydrogen (secondary N) is 1. The minimum absolute atomic E-state index is 0.261. The van der Waals surface area contributed by atoms with Gasteiger partial charge in [0.1, 0.15) is 4.90 Å². The Hall–Kier alpha value is -2.20. The van der Waals surface area contributed by atoms with Gasteiger partial charge in [-0.2, -0.15) is 0 Å². The molecule has 1 aliphatic rings. The first-order valence-electron chi connectivity index (χ1n) is 9.25. The van der Waals surface area contributed by atoms with Gasteiger partial charge in [0.05, 0.1) is 10.6 Å². The molecule has 29 heavy (non-hydrogen) atoms. The monoisotopic (exact) mass is 438 g/mol. The van der Waals surface area contributed by atoms with Gasteiger partial charge in [-0.15, -0.1) is 0 Å². The maximum atomic E-state index is 11.8. The van der Waals surface area contributed by atoms with E-state index in [-0.39, 0.29) is 16.3 Å². The van der Waals surface area contributed by atoms with Crippen LogP contribution in [0.1, 0.15) is 18.4 Å². The van der Waals surface area contributed by atoms with E-state index in [1.807, 2.05) is 24.3 Å². The molecule has 10 heteroatoms. The molecule has 1 heterocycles. The number of non-ortho nitro benzene ring substituents is 1. The molecule has 0 atom stereocenters. The summed E-state index contributed by atoms with van der Waals surface area (Å²) in [7, 11) is -4.08. The summed E-state index contributed by atoms with van der Waals surface area (Å²) < 4.78 is 23.6. The molecule has 0 bridgehead atoms. The highest BCUT2D eigenvalue weighted by Crippen LogP contribution is 2.27. The van der Waals surface area contributed by atoms with E-state index < -0.39 is 14.9 Å². The molecule has 1 saturated heterocycles. The lowest BCUT2D eigenvalue weighted by Crippen LogP contribution is -2.35. The van der Waals surface area contributed by atoms with E-state index >= 15 is 0 Å². The quantitative estimate of drug-likeness (QED) is 0.506. The number of rotatable bonds is 7. The van der Waals surface area contributed by atoms with Crippen molar-refractivity contribution in [3.05, 3.63) is 63.2 Å². The minimum atomic E-state index is -4.08. The lowest BCUT2D eigenvalue weighted by Gasteiger charge is -2.32. The van der Waals surface area contributed by atoms with Crippen LogP contribution in [0.25, 0.3) is 0 Å². The maximum Gasteiger partial charge on any atom is 0.270 e. The standard InChI is InChI=1S/C19H23ClN4O4S/c20-17-4-2-1-3-15(17)13-23-9-7-14(8-10-23)12-22-18-6-5-16(24(25)26)11-19(18)29(21,27)28/h1-6,11,14,22H,7-10,12-13H2,(H2,21,27,28).